The first-order valence-corrected chi connectivity index (χ1v) is 11.2. The van der Waals surface area contributed by atoms with Crippen molar-refractivity contribution < 1.29 is 40.9 Å². The molecule has 1 unspecified atom stereocenters. The fourth-order valence-corrected chi connectivity index (χ4v) is 4.67. The summed E-state index contributed by atoms with van der Waals surface area (Å²) in [4.78, 5) is 37.6. The Kier molecular flexibility index (Phi) is 7.25. The van der Waals surface area contributed by atoms with Crippen molar-refractivity contribution in [1.82, 2.24) is 4.90 Å². The van der Waals surface area contributed by atoms with Crippen LogP contribution in [0.15, 0.2) is 33.6 Å². The number of allylic oxidation sites excluding steroid dienone is 1. The molecule has 1 aliphatic carbocycles. The second-order valence-electron chi connectivity index (χ2n) is 6.93. The largest absolute Gasteiger partial charge is 0.433 e. The highest BCUT2D eigenvalue weighted by molar-refractivity contribution is 8.18. The Morgan fingerprint density at radius 3 is 2.53 bits per heavy atom. The second-order valence-corrected chi connectivity index (χ2v) is 8.93. The van der Waals surface area contributed by atoms with Crippen LogP contribution in [0.5, 0.6) is 5.75 Å². The number of carbonyl (C=O) groups excluding carboxylic acids is 3. The van der Waals surface area contributed by atoms with E-state index in [0.29, 0.717) is 22.2 Å². The van der Waals surface area contributed by atoms with E-state index in [9.17, 15) is 36.2 Å². The lowest BCUT2D eigenvalue weighted by Crippen LogP contribution is -2.36. The highest BCUT2D eigenvalue weighted by Gasteiger charge is 2.41. The van der Waals surface area contributed by atoms with Crippen molar-refractivity contribution in [3.63, 3.8) is 0 Å². The normalized spacial score (nSPS) is 19.5. The number of ether oxygens (including phenoxy) is 1. The Hall–Kier alpha value is -2.45. The number of thioether (sulfide) groups is 1. The molecule has 32 heavy (non-hydrogen) atoms. The summed E-state index contributed by atoms with van der Waals surface area (Å²) in [5.74, 6) is -4.88. The van der Waals surface area contributed by atoms with Crippen LogP contribution in [0.1, 0.15) is 25.7 Å². The van der Waals surface area contributed by atoms with Gasteiger partial charge in [0.1, 0.15) is 23.3 Å². The maximum atomic E-state index is 13.3. The molecule has 1 saturated carbocycles. The molecule has 174 valence electrons. The van der Waals surface area contributed by atoms with Gasteiger partial charge in [0.05, 0.1) is 9.80 Å². The molecule has 8 nitrogen and oxygen atoms in total. The molecular formula is C18H17F4N3O5S2. The number of nitrogens with two attached hydrogens (primary N) is 1. The van der Waals surface area contributed by atoms with E-state index in [4.69, 9.17) is 5.14 Å². The molecule has 0 radical (unpaired) electrons. The van der Waals surface area contributed by atoms with Crippen molar-refractivity contribution >= 4 is 45.5 Å². The quantitative estimate of drug-likeness (QED) is 0.462. The number of benzene rings is 1. The standard InChI is InChI=1S/C18H17F4N3O5S2/c19-16(20)30-11-7-10(1-2-12(11)32(23)29)24-13(26)8-25-15(27)14(31-17(25)28)9-3-5-18(21,22)6-4-9/h1-2,7,16H,3-6,8,23H2,(H,24,26). The van der Waals surface area contributed by atoms with Crippen LogP contribution in [0.3, 0.4) is 0 Å². The molecule has 3 amide bonds. The van der Waals surface area contributed by atoms with Crippen molar-refractivity contribution in [3.8, 4) is 5.75 Å². The van der Waals surface area contributed by atoms with Crippen LogP contribution >= 0.6 is 11.8 Å². The number of amides is 3. The molecule has 0 bridgehead atoms. The molecule has 1 aromatic carbocycles. The minimum atomic E-state index is -3.23. The van der Waals surface area contributed by atoms with Gasteiger partial charge in [-0.05, 0) is 36.7 Å². The molecule has 3 N–H and O–H groups in total. The molecular weight excluding hydrogens is 478 g/mol. The van der Waals surface area contributed by atoms with E-state index in [0.717, 1.165) is 12.1 Å². The number of hydrogen-bond donors (Lipinski definition) is 2. The van der Waals surface area contributed by atoms with Crippen LogP contribution < -0.4 is 15.2 Å². The smallest absolute Gasteiger partial charge is 0.387 e. The number of rotatable bonds is 6. The van der Waals surface area contributed by atoms with Crippen molar-refractivity contribution in [2.45, 2.75) is 43.1 Å². The van der Waals surface area contributed by atoms with E-state index in [1.54, 1.807) is 0 Å². The molecule has 0 spiro atoms. The third-order valence-corrected chi connectivity index (χ3v) is 6.55. The zero-order chi connectivity index (χ0) is 23.6. The summed E-state index contributed by atoms with van der Waals surface area (Å²) >= 11 is 0.592. The number of nitrogens with one attached hydrogen (secondary N) is 1. The lowest BCUT2D eigenvalue weighted by molar-refractivity contribution is -0.127. The maximum Gasteiger partial charge on any atom is 0.387 e. The van der Waals surface area contributed by atoms with Gasteiger partial charge in [0.25, 0.3) is 11.1 Å². The predicted molar refractivity (Wildman–Crippen MR) is 107 cm³/mol. The summed E-state index contributed by atoms with van der Waals surface area (Å²) in [6.07, 6.45) is -0.867. The van der Waals surface area contributed by atoms with Crippen molar-refractivity contribution in [3.05, 3.63) is 28.7 Å². The molecule has 1 aliphatic heterocycles. The van der Waals surface area contributed by atoms with Crippen LogP contribution in [0, 0.1) is 0 Å². The number of halogens is 4. The zero-order valence-electron chi connectivity index (χ0n) is 16.2. The monoisotopic (exact) mass is 495 g/mol. The molecule has 1 saturated heterocycles. The average Bonchev–Trinajstić information content (AvgIpc) is 2.95. The Balaban J connectivity index is 1.69. The van der Waals surface area contributed by atoms with Crippen molar-refractivity contribution in [2.75, 3.05) is 11.9 Å². The van der Waals surface area contributed by atoms with Gasteiger partial charge in [-0.1, -0.05) is 5.57 Å². The molecule has 1 heterocycles. The van der Waals surface area contributed by atoms with Gasteiger partial charge in [0, 0.05) is 24.6 Å². The van der Waals surface area contributed by atoms with Crippen molar-refractivity contribution in [1.29, 1.82) is 0 Å². The van der Waals surface area contributed by atoms with Crippen LogP contribution in [0.25, 0.3) is 0 Å². The second kappa shape index (κ2) is 9.58. The minimum absolute atomic E-state index is 0.0177. The van der Waals surface area contributed by atoms with Gasteiger partial charge in [0.2, 0.25) is 11.8 Å². The zero-order valence-corrected chi connectivity index (χ0v) is 17.9. The van der Waals surface area contributed by atoms with E-state index >= 15 is 0 Å². The van der Waals surface area contributed by atoms with Gasteiger partial charge in [-0.2, -0.15) is 8.78 Å². The van der Waals surface area contributed by atoms with Gasteiger partial charge < -0.3 is 10.1 Å². The van der Waals surface area contributed by atoms with E-state index in [2.05, 4.69) is 10.1 Å². The van der Waals surface area contributed by atoms with E-state index < -0.39 is 65.7 Å². The third kappa shape index (κ3) is 5.66. The van der Waals surface area contributed by atoms with E-state index in [1.165, 1.54) is 6.07 Å². The topological polar surface area (TPSA) is 119 Å². The third-order valence-electron chi connectivity index (χ3n) is 4.72. The van der Waals surface area contributed by atoms with Gasteiger partial charge in [-0.25, -0.2) is 18.1 Å². The van der Waals surface area contributed by atoms with Crippen LogP contribution in [0.2, 0.25) is 0 Å². The van der Waals surface area contributed by atoms with Gasteiger partial charge in [0.15, 0.2) is 0 Å². The fourth-order valence-electron chi connectivity index (χ4n) is 3.18. The lowest BCUT2D eigenvalue weighted by atomic mass is 9.91. The molecule has 1 aromatic rings. The average molecular weight is 495 g/mol. The Morgan fingerprint density at radius 2 is 1.94 bits per heavy atom. The Bertz CT molecular complexity index is 1010. The number of carbonyl (C=O) groups is 3. The summed E-state index contributed by atoms with van der Waals surface area (Å²) in [7, 11) is -2.13. The molecule has 14 heteroatoms. The predicted octanol–water partition coefficient (Wildman–Crippen LogP) is 3.37. The summed E-state index contributed by atoms with van der Waals surface area (Å²) in [6, 6.07) is 3.32. The molecule has 1 atom stereocenters. The molecule has 3 rings (SSSR count). The molecule has 2 aliphatic rings. The van der Waals surface area contributed by atoms with Gasteiger partial charge in [-0.15, -0.1) is 0 Å². The fraction of sp³-hybridized carbons (Fsp3) is 0.389. The minimum Gasteiger partial charge on any atom is -0.433 e. The number of hydrogen-bond acceptors (Lipinski definition) is 6. The van der Waals surface area contributed by atoms with E-state index in [-0.39, 0.29) is 28.3 Å². The number of alkyl halides is 4. The highest BCUT2D eigenvalue weighted by Crippen LogP contribution is 2.42. The first kappa shape index (κ1) is 24.2. The molecule has 0 aromatic heterocycles. The van der Waals surface area contributed by atoms with Crippen LogP contribution in [-0.4, -0.2) is 45.2 Å². The first-order chi connectivity index (χ1) is 15.0. The summed E-state index contributed by atoms with van der Waals surface area (Å²) in [5.41, 5.74) is 0.432. The SMILES string of the molecule is NS(=O)c1ccc(NC(=O)CN2C(=O)SC(=C3CCC(F)(F)CC3)C2=O)cc1OC(F)F. The van der Waals surface area contributed by atoms with E-state index in [1.807, 2.05) is 0 Å². The summed E-state index contributed by atoms with van der Waals surface area (Å²) in [5, 5.41) is 6.80. The van der Waals surface area contributed by atoms with Crippen LogP contribution in [-0.2, 0) is 20.6 Å². The number of anilines is 1. The highest BCUT2D eigenvalue weighted by atomic mass is 32.2. The van der Waals surface area contributed by atoms with Crippen molar-refractivity contribution in [2.24, 2.45) is 5.14 Å². The number of imide groups is 1. The summed E-state index contributed by atoms with van der Waals surface area (Å²) in [6.45, 7) is -3.90. The Labute approximate surface area is 186 Å². The maximum absolute atomic E-state index is 13.3. The first-order valence-electron chi connectivity index (χ1n) is 9.15. The molecule has 2 fully saturated rings. The summed E-state index contributed by atoms with van der Waals surface area (Å²) < 4.78 is 67.5. The van der Waals surface area contributed by atoms with Gasteiger partial charge >= 0.3 is 6.61 Å². The van der Waals surface area contributed by atoms with Gasteiger partial charge in [-0.3, -0.25) is 19.3 Å². The number of nitrogens with zero attached hydrogens (tertiary/aromatic N) is 1. The Morgan fingerprint density at radius 1 is 1.28 bits per heavy atom. The van der Waals surface area contributed by atoms with Crippen LogP contribution in [0.4, 0.5) is 28.0 Å². The lowest BCUT2D eigenvalue weighted by Gasteiger charge is -2.24.